The summed E-state index contributed by atoms with van der Waals surface area (Å²) in [4.78, 5) is 12.8. The van der Waals surface area contributed by atoms with Crippen molar-refractivity contribution in [1.82, 2.24) is 14.5 Å². The fraction of sp³-hybridized carbons (Fsp3) is 0.316. The predicted molar refractivity (Wildman–Crippen MR) is 113 cm³/mol. The van der Waals surface area contributed by atoms with Crippen molar-refractivity contribution in [2.45, 2.75) is 23.1 Å². The first-order valence-corrected chi connectivity index (χ1v) is 11.7. The van der Waals surface area contributed by atoms with E-state index in [-0.39, 0.29) is 22.7 Å². The van der Waals surface area contributed by atoms with Gasteiger partial charge in [0, 0.05) is 18.2 Å². The van der Waals surface area contributed by atoms with Gasteiger partial charge in [0.15, 0.2) is 0 Å². The first-order valence-electron chi connectivity index (χ1n) is 9.35. The van der Waals surface area contributed by atoms with Crippen LogP contribution >= 0.6 is 11.3 Å². The summed E-state index contributed by atoms with van der Waals surface area (Å²) in [5, 5.41) is 12.0. The van der Waals surface area contributed by atoms with Crippen molar-refractivity contribution in [3.63, 3.8) is 0 Å². The van der Waals surface area contributed by atoms with Crippen molar-refractivity contribution in [2.75, 3.05) is 26.1 Å². The molecule has 0 aliphatic carbocycles. The number of nitrogens with one attached hydrogen (secondary N) is 1. The highest BCUT2D eigenvalue weighted by Crippen LogP contribution is 2.31. The topological polar surface area (TPSA) is 124 Å². The molecule has 164 valence electrons. The van der Waals surface area contributed by atoms with Gasteiger partial charge in [0.1, 0.15) is 21.8 Å². The zero-order valence-corrected chi connectivity index (χ0v) is 18.4. The standard InChI is InChI=1S/C19H20N4O6S2/c1-27-13-9-12(10-14(11-13)28-2)18-21-22-19(29-18)20-17(24)15-5-3-7-23(15)31(25,26)16-6-4-8-30-16/h4,6,8-11,15H,3,5,7H2,1-2H3,(H,20,22,24). The minimum absolute atomic E-state index is 0.123. The lowest BCUT2D eigenvalue weighted by Crippen LogP contribution is -2.42. The molecule has 1 atom stereocenters. The normalized spacial score (nSPS) is 16.9. The van der Waals surface area contributed by atoms with Gasteiger partial charge in [-0.1, -0.05) is 11.2 Å². The largest absolute Gasteiger partial charge is 0.497 e. The number of amides is 1. The molecule has 1 fully saturated rings. The molecule has 2 aromatic heterocycles. The van der Waals surface area contributed by atoms with Gasteiger partial charge in [-0.15, -0.1) is 16.4 Å². The Morgan fingerprint density at radius 1 is 1.23 bits per heavy atom. The van der Waals surface area contributed by atoms with Crippen molar-refractivity contribution < 1.29 is 27.1 Å². The molecule has 1 aromatic carbocycles. The van der Waals surface area contributed by atoms with Gasteiger partial charge in [0.05, 0.1) is 14.2 Å². The summed E-state index contributed by atoms with van der Waals surface area (Å²) in [6, 6.07) is 7.30. The SMILES string of the molecule is COc1cc(OC)cc(-c2nnc(NC(=O)C3CCCN3S(=O)(=O)c3cccs3)o2)c1. The minimum Gasteiger partial charge on any atom is -0.497 e. The Hall–Kier alpha value is -2.96. The van der Waals surface area contributed by atoms with Crippen LogP contribution in [0.15, 0.2) is 44.3 Å². The van der Waals surface area contributed by atoms with E-state index in [1.54, 1.807) is 29.6 Å². The van der Waals surface area contributed by atoms with Crippen molar-refractivity contribution in [3.8, 4) is 23.0 Å². The molecule has 4 rings (SSSR count). The lowest BCUT2D eigenvalue weighted by molar-refractivity contribution is -0.119. The smallest absolute Gasteiger partial charge is 0.322 e. The van der Waals surface area contributed by atoms with Crippen molar-refractivity contribution >= 4 is 33.3 Å². The molecule has 12 heteroatoms. The monoisotopic (exact) mass is 464 g/mol. The maximum Gasteiger partial charge on any atom is 0.322 e. The van der Waals surface area contributed by atoms with Crippen LogP contribution in [0.2, 0.25) is 0 Å². The van der Waals surface area contributed by atoms with Crippen molar-refractivity contribution in [2.24, 2.45) is 0 Å². The summed E-state index contributed by atoms with van der Waals surface area (Å²) in [7, 11) is -0.692. The Kier molecular flexibility index (Phi) is 5.94. The Labute approximate surface area is 182 Å². The fourth-order valence-corrected chi connectivity index (χ4v) is 6.10. The Morgan fingerprint density at radius 3 is 2.61 bits per heavy atom. The molecular weight excluding hydrogens is 444 g/mol. The average Bonchev–Trinajstić information content (AvgIpc) is 3.54. The van der Waals surface area contributed by atoms with Gasteiger partial charge in [-0.05, 0) is 36.4 Å². The highest BCUT2D eigenvalue weighted by atomic mass is 32.2. The summed E-state index contributed by atoms with van der Waals surface area (Å²) in [5.74, 6) is 0.718. The number of methoxy groups -OCH3 is 2. The molecule has 1 saturated heterocycles. The molecule has 10 nitrogen and oxygen atoms in total. The van der Waals surface area contributed by atoms with E-state index < -0.39 is 22.0 Å². The zero-order valence-electron chi connectivity index (χ0n) is 16.8. The molecule has 0 radical (unpaired) electrons. The van der Waals surface area contributed by atoms with Gasteiger partial charge in [0.2, 0.25) is 11.8 Å². The molecule has 3 aromatic rings. The van der Waals surface area contributed by atoms with Gasteiger partial charge in [-0.25, -0.2) is 8.42 Å². The number of benzene rings is 1. The highest BCUT2D eigenvalue weighted by Gasteiger charge is 2.40. The van der Waals surface area contributed by atoms with E-state index in [1.807, 2.05) is 0 Å². The summed E-state index contributed by atoms with van der Waals surface area (Å²) in [6.45, 7) is 0.275. The number of anilines is 1. The summed E-state index contributed by atoms with van der Waals surface area (Å²) >= 11 is 1.12. The van der Waals surface area contributed by atoms with Crippen molar-refractivity contribution in [3.05, 3.63) is 35.7 Å². The summed E-state index contributed by atoms with van der Waals surface area (Å²) in [6.07, 6.45) is 0.992. The van der Waals surface area contributed by atoms with Crippen LogP contribution in [-0.2, 0) is 14.8 Å². The van der Waals surface area contributed by atoms with E-state index >= 15 is 0 Å². The van der Waals surface area contributed by atoms with Crippen LogP contribution < -0.4 is 14.8 Å². The molecule has 1 unspecified atom stereocenters. The average molecular weight is 465 g/mol. The number of carbonyl (C=O) groups is 1. The molecule has 0 bridgehead atoms. The van der Waals surface area contributed by atoms with E-state index in [4.69, 9.17) is 13.9 Å². The second-order valence-corrected chi connectivity index (χ2v) is 9.77. The third-order valence-corrected chi connectivity index (χ3v) is 8.10. The number of hydrogen-bond acceptors (Lipinski definition) is 9. The maximum atomic E-state index is 12.9. The van der Waals surface area contributed by atoms with Crippen LogP contribution in [0.25, 0.3) is 11.5 Å². The Bertz CT molecular complexity index is 1150. The summed E-state index contributed by atoms with van der Waals surface area (Å²) < 4.78 is 43.2. The predicted octanol–water partition coefficient (Wildman–Crippen LogP) is 2.61. The Morgan fingerprint density at radius 2 is 1.97 bits per heavy atom. The molecule has 31 heavy (non-hydrogen) atoms. The number of sulfonamides is 1. The second-order valence-electron chi connectivity index (χ2n) is 6.71. The number of carbonyl (C=O) groups excluding carboxylic acids is 1. The van der Waals surface area contributed by atoms with E-state index in [1.165, 1.54) is 24.6 Å². The first kappa shape index (κ1) is 21.3. The number of aromatic nitrogens is 2. The van der Waals surface area contributed by atoms with E-state index in [9.17, 15) is 13.2 Å². The van der Waals surface area contributed by atoms with Crippen LogP contribution in [0.4, 0.5) is 6.01 Å². The number of ether oxygens (including phenoxy) is 2. The zero-order chi connectivity index (χ0) is 22.0. The van der Waals surface area contributed by atoms with Gasteiger partial charge < -0.3 is 13.9 Å². The van der Waals surface area contributed by atoms with Crippen LogP contribution in [0.3, 0.4) is 0 Å². The maximum absolute atomic E-state index is 12.9. The van der Waals surface area contributed by atoms with E-state index in [0.717, 1.165) is 11.3 Å². The molecule has 1 amide bonds. The van der Waals surface area contributed by atoms with Crippen LogP contribution in [0.5, 0.6) is 11.5 Å². The fourth-order valence-electron chi connectivity index (χ4n) is 3.33. The molecule has 0 saturated carbocycles. The van der Waals surface area contributed by atoms with Gasteiger partial charge in [-0.2, -0.15) is 4.31 Å². The quantitative estimate of drug-likeness (QED) is 0.566. The van der Waals surface area contributed by atoms with Gasteiger partial charge in [-0.3, -0.25) is 10.1 Å². The number of thiophene rings is 1. The third kappa shape index (κ3) is 4.27. The summed E-state index contributed by atoms with van der Waals surface area (Å²) in [5.41, 5.74) is 0.548. The van der Waals surface area contributed by atoms with E-state index in [0.29, 0.717) is 29.9 Å². The number of nitrogens with zero attached hydrogens (tertiary/aromatic N) is 3. The third-order valence-electron chi connectivity index (χ3n) is 4.82. The molecule has 1 aliphatic heterocycles. The van der Waals surface area contributed by atoms with Gasteiger partial charge in [0.25, 0.3) is 10.0 Å². The number of hydrogen-bond donors (Lipinski definition) is 1. The molecule has 1 N–H and O–H groups in total. The Balaban J connectivity index is 1.52. The van der Waals surface area contributed by atoms with Crippen LogP contribution in [0, 0.1) is 0 Å². The molecule has 3 heterocycles. The minimum atomic E-state index is -3.74. The highest BCUT2D eigenvalue weighted by molar-refractivity contribution is 7.91. The number of rotatable bonds is 7. The lowest BCUT2D eigenvalue weighted by atomic mass is 10.2. The van der Waals surface area contributed by atoms with Crippen LogP contribution in [0.1, 0.15) is 12.8 Å². The van der Waals surface area contributed by atoms with E-state index in [2.05, 4.69) is 15.5 Å². The van der Waals surface area contributed by atoms with Gasteiger partial charge >= 0.3 is 6.01 Å². The molecule has 1 aliphatic rings. The van der Waals surface area contributed by atoms with Crippen molar-refractivity contribution in [1.29, 1.82) is 0 Å². The molecular formula is C19H20N4O6S2. The van der Waals surface area contributed by atoms with Crippen LogP contribution in [-0.4, -0.2) is 55.6 Å². The first-order chi connectivity index (χ1) is 14.9. The molecule has 0 spiro atoms. The lowest BCUT2D eigenvalue weighted by Gasteiger charge is -2.21. The second kappa shape index (κ2) is 8.65.